The Morgan fingerprint density at radius 2 is 1.56 bits per heavy atom. The summed E-state index contributed by atoms with van der Waals surface area (Å²) in [6.07, 6.45) is 6.38. The predicted molar refractivity (Wildman–Crippen MR) is 201 cm³/mol. The zero-order chi connectivity index (χ0) is 39.5. The molecule has 2 aliphatic heterocycles. The summed E-state index contributed by atoms with van der Waals surface area (Å²) >= 11 is 0. The lowest BCUT2D eigenvalue weighted by Gasteiger charge is -2.58. The smallest absolute Gasteiger partial charge is 0.303 e. The first-order valence-electron chi connectivity index (χ1n) is 20.2. The molecular formula is C40H61N5O10. The van der Waals surface area contributed by atoms with E-state index in [0.29, 0.717) is 30.3 Å². The van der Waals surface area contributed by atoms with Gasteiger partial charge in [-0.05, 0) is 112 Å². The Bertz CT molecular complexity index is 1550. The van der Waals surface area contributed by atoms with Gasteiger partial charge in [0.25, 0.3) is 0 Å². The maximum atomic E-state index is 12.4. The number of esters is 4. The number of carbonyl (C=O) groups excluding carboxylic acids is 4. The quantitative estimate of drug-likeness (QED) is 0.102. The molecule has 11 unspecified atom stereocenters. The van der Waals surface area contributed by atoms with Gasteiger partial charge in [0.05, 0.1) is 18.4 Å². The van der Waals surface area contributed by atoms with E-state index in [0.717, 1.165) is 76.7 Å². The van der Waals surface area contributed by atoms with Crippen molar-refractivity contribution in [3.8, 4) is 0 Å². The standard InChI is InChI=1S/C40H61N5O10/c1-23(46)50-22-32-34(51-24(2)47)35(52-25(3)48)36(53-26(4)49)37(54-32)55-33-12-11-30-29-10-9-27-21-28(13-15-39(27,5)31(29)14-16-40(30,33)6)43-44-38(41)42-17-20-45-18-7-8-19-45/h21,29-37H,7-20,22H2,1-6H3,(H3,41,42,44). The van der Waals surface area contributed by atoms with Crippen LogP contribution >= 0.6 is 0 Å². The lowest BCUT2D eigenvalue weighted by Crippen LogP contribution is -2.63. The van der Waals surface area contributed by atoms with Gasteiger partial charge in [-0.3, -0.25) is 24.2 Å². The normalized spacial score (nSPS) is 38.2. The van der Waals surface area contributed by atoms with E-state index in [-0.39, 0.29) is 23.5 Å². The van der Waals surface area contributed by atoms with Crippen LogP contribution < -0.4 is 11.2 Å². The Labute approximate surface area is 324 Å². The van der Waals surface area contributed by atoms with Crippen LogP contribution in [0.25, 0.3) is 0 Å². The van der Waals surface area contributed by atoms with E-state index in [4.69, 9.17) is 34.2 Å². The number of allylic oxidation sites excluding steroid dienone is 2. The molecule has 0 aromatic heterocycles. The van der Waals surface area contributed by atoms with Crippen molar-refractivity contribution in [3.63, 3.8) is 0 Å². The van der Waals surface area contributed by atoms with Crippen molar-refractivity contribution in [2.75, 3.05) is 32.8 Å². The average molecular weight is 772 g/mol. The van der Waals surface area contributed by atoms with Crippen molar-refractivity contribution in [2.45, 2.75) is 143 Å². The molecule has 11 atom stereocenters. The summed E-state index contributed by atoms with van der Waals surface area (Å²) in [7, 11) is 0. The second kappa shape index (κ2) is 17.3. The minimum atomic E-state index is -1.26. The number of likely N-dealkylation sites (tertiary alicyclic amines) is 1. The van der Waals surface area contributed by atoms with Gasteiger partial charge < -0.3 is 39.1 Å². The largest absolute Gasteiger partial charge is 0.463 e. The van der Waals surface area contributed by atoms with Crippen molar-refractivity contribution >= 4 is 35.5 Å². The van der Waals surface area contributed by atoms with Gasteiger partial charge in [-0.2, -0.15) is 5.10 Å². The van der Waals surface area contributed by atoms with Gasteiger partial charge in [0, 0.05) is 34.2 Å². The van der Waals surface area contributed by atoms with Gasteiger partial charge in [-0.1, -0.05) is 19.4 Å². The zero-order valence-electron chi connectivity index (χ0n) is 33.4. The molecule has 2 heterocycles. The molecule has 15 nitrogen and oxygen atoms in total. The van der Waals surface area contributed by atoms with Gasteiger partial charge in [0.1, 0.15) is 12.7 Å². The number of ether oxygens (including phenoxy) is 6. The molecule has 6 aliphatic rings. The van der Waals surface area contributed by atoms with Crippen LogP contribution in [0.2, 0.25) is 0 Å². The summed E-state index contributed by atoms with van der Waals surface area (Å²) in [6, 6.07) is 0. The van der Waals surface area contributed by atoms with Gasteiger partial charge in [0.2, 0.25) is 5.96 Å². The van der Waals surface area contributed by atoms with Crippen LogP contribution in [0.1, 0.15) is 106 Å². The molecule has 0 bridgehead atoms. The maximum absolute atomic E-state index is 12.4. The lowest BCUT2D eigenvalue weighted by atomic mass is 9.47. The first kappa shape index (κ1) is 41.1. The van der Waals surface area contributed by atoms with Crippen LogP contribution in [0.15, 0.2) is 21.7 Å². The number of aliphatic imine (C=N–C) groups is 1. The molecule has 3 N–H and O–H groups in total. The molecule has 5 fully saturated rings. The third-order valence-electron chi connectivity index (χ3n) is 13.3. The SMILES string of the molecule is CC(=O)OCC1OC(OC2CCC3C4CCC5=CC(=NNC(N)=NCCN6CCCC6)CCC5(C)C4CCC23C)C(OC(C)=O)C(OC(C)=O)C1OC(C)=O. The van der Waals surface area contributed by atoms with Crippen LogP contribution in [0, 0.1) is 28.6 Å². The Balaban J connectivity index is 1.15. The summed E-state index contributed by atoms with van der Waals surface area (Å²) in [4.78, 5) is 55.7. The Kier molecular flexibility index (Phi) is 12.9. The van der Waals surface area contributed by atoms with Crippen molar-refractivity contribution in [1.29, 1.82) is 0 Å². The maximum Gasteiger partial charge on any atom is 0.303 e. The number of rotatable bonds is 11. The van der Waals surface area contributed by atoms with Gasteiger partial charge >= 0.3 is 23.9 Å². The van der Waals surface area contributed by atoms with Crippen LogP contribution in [0.4, 0.5) is 0 Å². The summed E-state index contributed by atoms with van der Waals surface area (Å²) < 4.78 is 35.4. The van der Waals surface area contributed by atoms with Crippen LogP contribution in [0.3, 0.4) is 0 Å². The topological polar surface area (TPSA) is 190 Å². The monoisotopic (exact) mass is 771 g/mol. The zero-order valence-corrected chi connectivity index (χ0v) is 33.4. The number of guanidine groups is 1. The number of nitrogens with one attached hydrogen (secondary N) is 1. The lowest BCUT2D eigenvalue weighted by molar-refractivity contribution is -0.324. The summed E-state index contributed by atoms with van der Waals surface area (Å²) in [5.74, 6) is -0.735. The summed E-state index contributed by atoms with van der Waals surface area (Å²) in [5, 5.41) is 4.66. The van der Waals surface area contributed by atoms with E-state index in [1.165, 1.54) is 46.1 Å². The third kappa shape index (κ3) is 9.20. The van der Waals surface area contributed by atoms with Crippen molar-refractivity contribution in [3.05, 3.63) is 11.6 Å². The fourth-order valence-corrected chi connectivity index (χ4v) is 10.8. The number of fused-ring (bicyclic) bond motifs is 5. The molecular weight excluding hydrogens is 710 g/mol. The Hall–Kier alpha value is -3.56. The fraction of sp³-hybridized carbons (Fsp3) is 0.800. The molecule has 0 amide bonds. The first-order chi connectivity index (χ1) is 26.2. The molecule has 55 heavy (non-hydrogen) atoms. The minimum absolute atomic E-state index is 0.0807. The molecule has 0 spiro atoms. The molecule has 3 saturated carbocycles. The van der Waals surface area contributed by atoms with E-state index in [9.17, 15) is 19.2 Å². The number of nitrogens with two attached hydrogens (primary N) is 1. The van der Waals surface area contributed by atoms with Crippen molar-refractivity contribution in [1.82, 2.24) is 10.3 Å². The van der Waals surface area contributed by atoms with Crippen molar-refractivity contribution in [2.24, 2.45) is 44.4 Å². The second-order valence-corrected chi connectivity index (χ2v) is 16.8. The molecule has 15 heteroatoms. The summed E-state index contributed by atoms with van der Waals surface area (Å²) in [5.41, 5.74) is 11.5. The van der Waals surface area contributed by atoms with Crippen molar-refractivity contribution < 1.29 is 47.6 Å². The molecule has 2 saturated heterocycles. The molecule has 4 aliphatic carbocycles. The minimum Gasteiger partial charge on any atom is -0.463 e. The number of hydrazone groups is 1. The molecule has 0 aromatic carbocycles. The average Bonchev–Trinajstić information content (AvgIpc) is 3.76. The van der Waals surface area contributed by atoms with E-state index in [2.05, 4.69) is 40.3 Å². The Morgan fingerprint density at radius 3 is 2.25 bits per heavy atom. The fourth-order valence-electron chi connectivity index (χ4n) is 10.8. The highest BCUT2D eigenvalue weighted by atomic mass is 16.7. The van der Waals surface area contributed by atoms with Crippen LogP contribution in [0.5, 0.6) is 0 Å². The highest BCUT2D eigenvalue weighted by Crippen LogP contribution is 2.66. The van der Waals surface area contributed by atoms with E-state index < -0.39 is 54.6 Å². The number of hydrogen-bond acceptors (Lipinski definition) is 13. The number of nitrogens with zero attached hydrogens (tertiary/aromatic N) is 3. The Morgan fingerprint density at radius 1 is 0.873 bits per heavy atom. The molecule has 0 aromatic rings. The third-order valence-corrected chi connectivity index (χ3v) is 13.3. The molecule has 0 radical (unpaired) electrons. The van der Waals surface area contributed by atoms with Gasteiger partial charge in [0.15, 0.2) is 24.6 Å². The van der Waals surface area contributed by atoms with Crippen LogP contribution in [-0.2, 0) is 47.6 Å². The first-order valence-corrected chi connectivity index (χ1v) is 20.2. The highest BCUT2D eigenvalue weighted by Gasteiger charge is 2.61. The van der Waals surface area contributed by atoms with E-state index in [1.54, 1.807) is 0 Å². The molecule has 306 valence electrons. The molecule has 6 rings (SSSR count). The predicted octanol–water partition coefficient (Wildman–Crippen LogP) is 3.77. The van der Waals surface area contributed by atoms with E-state index >= 15 is 0 Å². The van der Waals surface area contributed by atoms with E-state index in [1.807, 2.05) is 0 Å². The van der Waals surface area contributed by atoms with Gasteiger partial charge in [-0.25, -0.2) is 5.43 Å². The number of carbonyl (C=O) groups is 4. The second-order valence-electron chi connectivity index (χ2n) is 16.8. The summed E-state index contributed by atoms with van der Waals surface area (Å²) in [6.45, 7) is 13.2. The number of hydrogen-bond donors (Lipinski definition) is 2. The van der Waals surface area contributed by atoms with Crippen LogP contribution in [-0.4, -0.2) is 110 Å². The highest BCUT2D eigenvalue weighted by molar-refractivity contribution is 5.97. The van der Waals surface area contributed by atoms with Gasteiger partial charge in [-0.15, -0.1) is 0 Å².